The normalized spacial score (nSPS) is 10.2. The molecule has 5 nitrogen and oxygen atoms in total. The van der Waals surface area contributed by atoms with Gasteiger partial charge >= 0.3 is 0 Å². The quantitative estimate of drug-likeness (QED) is 0.854. The van der Waals surface area contributed by atoms with E-state index in [9.17, 15) is 9.18 Å². The molecular formula is C10H9FN4OS. The third kappa shape index (κ3) is 2.76. The molecule has 0 spiro atoms. The highest BCUT2D eigenvalue weighted by Gasteiger charge is 2.10. The Morgan fingerprint density at radius 1 is 1.41 bits per heavy atom. The Morgan fingerprint density at radius 2 is 2.18 bits per heavy atom. The number of anilines is 2. The van der Waals surface area contributed by atoms with Crippen molar-refractivity contribution in [2.24, 2.45) is 0 Å². The van der Waals surface area contributed by atoms with Gasteiger partial charge in [0.05, 0.1) is 0 Å². The maximum Gasteiger partial charge on any atom is 0.257 e. The molecule has 0 bridgehead atoms. The standard InChI is InChI=1S/C10H9FN4OS/c1-5-2-6(4-7(11)3-5)8(16)13-10-15-14-9(12)17-10/h2-4H,1H3,(H2,12,14)(H,13,15,16). The number of hydrogen-bond acceptors (Lipinski definition) is 5. The molecule has 1 heterocycles. The first-order chi connectivity index (χ1) is 8.04. The predicted molar refractivity (Wildman–Crippen MR) is 63.4 cm³/mol. The van der Waals surface area contributed by atoms with Crippen molar-refractivity contribution in [3.63, 3.8) is 0 Å². The van der Waals surface area contributed by atoms with Gasteiger partial charge < -0.3 is 5.73 Å². The van der Waals surface area contributed by atoms with E-state index in [1.54, 1.807) is 13.0 Å². The third-order valence-corrected chi connectivity index (χ3v) is 2.63. The molecule has 2 aromatic rings. The third-order valence-electron chi connectivity index (χ3n) is 1.97. The van der Waals surface area contributed by atoms with E-state index in [-0.39, 0.29) is 15.8 Å². The molecule has 3 N–H and O–H groups in total. The van der Waals surface area contributed by atoms with E-state index in [1.165, 1.54) is 6.07 Å². The van der Waals surface area contributed by atoms with E-state index >= 15 is 0 Å². The van der Waals surface area contributed by atoms with Crippen molar-refractivity contribution >= 4 is 27.5 Å². The zero-order chi connectivity index (χ0) is 12.4. The lowest BCUT2D eigenvalue weighted by Gasteiger charge is -2.02. The highest BCUT2D eigenvalue weighted by Crippen LogP contribution is 2.18. The summed E-state index contributed by atoms with van der Waals surface area (Å²) in [6.07, 6.45) is 0. The molecule has 1 aromatic heterocycles. The number of aromatic nitrogens is 2. The van der Waals surface area contributed by atoms with Gasteiger partial charge in [0.25, 0.3) is 5.91 Å². The molecule has 1 amide bonds. The van der Waals surface area contributed by atoms with Crippen molar-refractivity contribution in [3.8, 4) is 0 Å². The number of nitrogen functional groups attached to an aromatic ring is 1. The van der Waals surface area contributed by atoms with Gasteiger partial charge in [-0.3, -0.25) is 10.1 Å². The Hall–Kier alpha value is -2.02. The summed E-state index contributed by atoms with van der Waals surface area (Å²) in [7, 11) is 0. The number of carbonyl (C=O) groups excluding carboxylic acids is 1. The Labute approximate surface area is 100 Å². The monoisotopic (exact) mass is 252 g/mol. The molecule has 1 aromatic carbocycles. The lowest BCUT2D eigenvalue weighted by molar-refractivity contribution is 0.102. The van der Waals surface area contributed by atoms with Gasteiger partial charge in [-0.2, -0.15) is 0 Å². The summed E-state index contributed by atoms with van der Waals surface area (Å²) in [6.45, 7) is 1.71. The van der Waals surface area contributed by atoms with Crippen LogP contribution in [0.1, 0.15) is 15.9 Å². The topological polar surface area (TPSA) is 80.9 Å². The number of amides is 1. The summed E-state index contributed by atoms with van der Waals surface area (Å²) in [4.78, 5) is 11.7. The van der Waals surface area contributed by atoms with E-state index in [0.717, 1.165) is 17.4 Å². The number of nitrogens with zero attached hydrogens (tertiary/aromatic N) is 2. The average Bonchev–Trinajstić information content (AvgIpc) is 2.62. The summed E-state index contributed by atoms with van der Waals surface area (Å²) in [5.41, 5.74) is 6.28. The number of hydrogen-bond donors (Lipinski definition) is 2. The number of nitrogens with one attached hydrogen (secondary N) is 1. The van der Waals surface area contributed by atoms with Crippen molar-refractivity contribution in [3.05, 3.63) is 35.1 Å². The number of nitrogens with two attached hydrogens (primary N) is 1. The van der Waals surface area contributed by atoms with Crippen LogP contribution in [0.5, 0.6) is 0 Å². The molecule has 0 fully saturated rings. The zero-order valence-corrected chi connectivity index (χ0v) is 9.71. The number of rotatable bonds is 2. The average molecular weight is 252 g/mol. The maximum absolute atomic E-state index is 13.1. The smallest absolute Gasteiger partial charge is 0.257 e. The fourth-order valence-corrected chi connectivity index (χ4v) is 1.83. The van der Waals surface area contributed by atoms with Crippen molar-refractivity contribution in [2.45, 2.75) is 6.92 Å². The van der Waals surface area contributed by atoms with Gasteiger partial charge in [0, 0.05) is 5.56 Å². The fraction of sp³-hybridized carbons (Fsp3) is 0.100. The van der Waals surface area contributed by atoms with Crippen LogP contribution in [0.4, 0.5) is 14.7 Å². The number of carbonyl (C=O) groups is 1. The highest BCUT2D eigenvalue weighted by molar-refractivity contribution is 7.19. The summed E-state index contributed by atoms with van der Waals surface area (Å²) in [5, 5.41) is 10.2. The van der Waals surface area contributed by atoms with Crippen molar-refractivity contribution in [1.29, 1.82) is 0 Å². The van der Waals surface area contributed by atoms with Gasteiger partial charge in [-0.15, -0.1) is 10.2 Å². The van der Waals surface area contributed by atoms with Crippen molar-refractivity contribution in [1.82, 2.24) is 10.2 Å². The van der Waals surface area contributed by atoms with Crippen molar-refractivity contribution < 1.29 is 9.18 Å². The second-order valence-electron chi connectivity index (χ2n) is 3.42. The number of aryl methyl sites for hydroxylation is 1. The summed E-state index contributed by atoms with van der Waals surface area (Å²) in [5.74, 6) is -0.893. The van der Waals surface area contributed by atoms with Crippen LogP contribution >= 0.6 is 11.3 Å². The van der Waals surface area contributed by atoms with Gasteiger partial charge in [-0.25, -0.2) is 4.39 Å². The number of benzene rings is 1. The summed E-state index contributed by atoms with van der Waals surface area (Å²) in [6, 6.07) is 4.09. The molecule has 0 atom stereocenters. The van der Waals surface area contributed by atoms with Crippen LogP contribution in [-0.2, 0) is 0 Å². The van der Waals surface area contributed by atoms with E-state index in [4.69, 9.17) is 5.73 Å². The SMILES string of the molecule is Cc1cc(F)cc(C(=O)Nc2nnc(N)s2)c1. The van der Waals surface area contributed by atoms with Crippen LogP contribution in [0.15, 0.2) is 18.2 Å². The summed E-state index contributed by atoms with van der Waals surface area (Å²) >= 11 is 1.05. The molecule has 7 heteroatoms. The highest BCUT2D eigenvalue weighted by atomic mass is 32.1. The van der Waals surface area contributed by atoms with Crippen molar-refractivity contribution in [2.75, 3.05) is 11.1 Å². The first kappa shape index (κ1) is 11.5. The summed E-state index contributed by atoms with van der Waals surface area (Å²) < 4.78 is 13.1. The van der Waals surface area contributed by atoms with Crippen LogP contribution < -0.4 is 11.1 Å². The van der Waals surface area contributed by atoms with Gasteiger partial charge in [0.15, 0.2) is 0 Å². The second-order valence-corrected chi connectivity index (χ2v) is 4.43. The van der Waals surface area contributed by atoms with Crippen LogP contribution in [-0.4, -0.2) is 16.1 Å². The molecule has 88 valence electrons. The minimum absolute atomic E-state index is 0.233. The van der Waals surface area contributed by atoms with Crippen LogP contribution in [0, 0.1) is 12.7 Å². The van der Waals surface area contributed by atoms with E-state index in [1.807, 2.05) is 0 Å². The maximum atomic E-state index is 13.1. The molecule has 0 aliphatic heterocycles. The molecule has 0 aliphatic rings. The Bertz CT molecular complexity index is 549. The lowest BCUT2D eigenvalue weighted by Crippen LogP contribution is -2.12. The van der Waals surface area contributed by atoms with E-state index in [0.29, 0.717) is 5.56 Å². The van der Waals surface area contributed by atoms with E-state index < -0.39 is 11.7 Å². The Kier molecular flexibility index (Phi) is 3.01. The van der Waals surface area contributed by atoms with Crippen LogP contribution in [0.25, 0.3) is 0 Å². The minimum atomic E-state index is -0.452. The second kappa shape index (κ2) is 4.46. The Morgan fingerprint density at radius 3 is 2.76 bits per heavy atom. The van der Waals surface area contributed by atoms with Crippen LogP contribution in [0.3, 0.4) is 0 Å². The Balaban J connectivity index is 2.19. The molecule has 0 unspecified atom stereocenters. The molecule has 17 heavy (non-hydrogen) atoms. The van der Waals surface area contributed by atoms with E-state index in [2.05, 4.69) is 15.5 Å². The van der Waals surface area contributed by atoms with Crippen LogP contribution in [0.2, 0.25) is 0 Å². The molecular weight excluding hydrogens is 243 g/mol. The number of halogens is 1. The largest absolute Gasteiger partial charge is 0.374 e. The molecule has 0 radical (unpaired) electrons. The van der Waals surface area contributed by atoms with Gasteiger partial charge in [0.2, 0.25) is 10.3 Å². The lowest BCUT2D eigenvalue weighted by atomic mass is 10.1. The molecule has 0 saturated carbocycles. The first-order valence-corrected chi connectivity index (χ1v) is 5.54. The molecule has 0 saturated heterocycles. The predicted octanol–water partition coefficient (Wildman–Crippen LogP) is 1.82. The zero-order valence-electron chi connectivity index (χ0n) is 8.90. The molecule has 0 aliphatic carbocycles. The van der Waals surface area contributed by atoms with Gasteiger partial charge in [0.1, 0.15) is 5.82 Å². The molecule has 2 rings (SSSR count). The first-order valence-electron chi connectivity index (χ1n) is 4.72. The fourth-order valence-electron chi connectivity index (χ4n) is 1.32. The minimum Gasteiger partial charge on any atom is -0.374 e. The van der Waals surface area contributed by atoms with Gasteiger partial charge in [-0.1, -0.05) is 11.3 Å². The van der Waals surface area contributed by atoms with Gasteiger partial charge in [-0.05, 0) is 30.7 Å².